The lowest BCUT2D eigenvalue weighted by molar-refractivity contribution is 0.669. The Morgan fingerprint density at radius 3 is 2.76 bits per heavy atom. The van der Waals surface area contributed by atoms with E-state index in [1.165, 1.54) is 16.1 Å². The van der Waals surface area contributed by atoms with Crippen molar-refractivity contribution < 1.29 is 0 Å². The van der Waals surface area contributed by atoms with Crippen LogP contribution in [0.3, 0.4) is 0 Å². The van der Waals surface area contributed by atoms with Crippen LogP contribution in [0.5, 0.6) is 0 Å². The average Bonchev–Trinajstić information content (AvgIpc) is 3.01. The van der Waals surface area contributed by atoms with Gasteiger partial charge >= 0.3 is 0 Å². The van der Waals surface area contributed by atoms with E-state index in [-0.39, 0.29) is 0 Å². The van der Waals surface area contributed by atoms with Gasteiger partial charge in [-0.3, -0.25) is 0 Å². The Hall–Kier alpha value is -1.03. The molecule has 0 aliphatic heterocycles. The van der Waals surface area contributed by atoms with E-state index in [4.69, 9.17) is 11.6 Å². The van der Waals surface area contributed by atoms with Crippen LogP contribution < -0.4 is 10.2 Å². The van der Waals surface area contributed by atoms with E-state index in [9.17, 15) is 0 Å². The molecule has 2 aromatic rings. The molecule has 0 aliphatic rings. The molecule has 0 spiro atoms. The number of nitrogens with zero attached hydrogens (tertiary/aromatic N) is 1. The number of halogens is 1. The summed E-state index contributed by atoms with van der Waals surface area (Å²) in [6, 6.07) is 10.8. The quantitative estimate of drug-likeness (QED) is 0.713. The van der Waals surface area contributed by atoms with Crippen molar-refractivity contribution in [2.24, 2.45) is 0 Å². The molecular weight excluding hydrogens is 300 g/mol. The molecule has 4 heteroatoms. The van der Waals surface area contributed by atoms with E-state index in [0.717, 1.165) is 24.5 Å². The van der Waals surface area contributed by atoms with Crippen molar-refractivity contribution in [3.05, 3.63) is 51.2 Å². The summed E-state index contributed by atoms with van der Waals surface area (Å²) in [5.74, 6) is 0. The van der Waals surface area contributed by atoms with Gasteiger partial charge in [0.1, 0.15) is 0 Å². The van der Waals surface area contributed by atoms with Crippen molar-refractivity contribution in [3.63, 3.8) is 0 Å². The number of benzene rings is 1. The molecule has 1 heterocycles. The summed E-state index contributed by atoms with van der Waals surface area (Å²) in [5.41, 5.74) is 2.38. The molecule has 0 saturated carbocycles. The van der Waals surface area contributed by atoms with Gasteiger partial charge in [0.2, 0.25) is 0 Å². The van der Waals surface area contributed by atoms with Crippen LogP contribution in [0.1, 0.15) is 36.8 Å². The number of anilines is 1. The molecule has 2 nitrogen and oxygen atoms in total. The lowest BCUT2D eigenvalue weighted by atomic mass is 10.1. The van der Waals surface area contributed by atoms with Crippen molar-refractivity contribution in [2.75, 3.05) is 18.5 Å². The lowest BCUT2D eigenvalue weighted by Crippen LogP contribution is -2.24. The molecule has 0 bridgehead atoms. The van der Waals surface area contributed by atoms with Gasteiger partial charge in [0, 0.05) is 34.7 Å². The fourth-order valence-corrected chi connectivity index (χ4v) is 3.43. The Kier molecular flexibility index (Phi) is 6.09. The highest BCUT2D eigenvalue weighted by Crippen LogP contribution is 2.33. The molecule has 21 heavy (non-hydrogen) atoms. The Bertz CT molecular complexity index is 554. The molecule has 114 valence electrons. The van der Waals surface area contributed by atoms with Crippen LogP contribution in [0.15, 0.2) is 35.7 Å². The third-order valence-electron chi connectivity index (χ3n) is 3.74. The molecular formula is C17H23ClN2S. The van der Waals surface area contributed by atoms with Crippen molar-refractivity contribution in [3.8, 4) is 0 Å². The minimum Gasteiger partial charge on any atom is -0.367 e. The molecule has 0 radical (unpaired) electrons. The molecule has 1 N–H and O–H groups in total. The molecule has 0 fully saturated rings. The highest BCUT2D eigenvalue weighted by Gasteiger charge is 2.17. The van der Waals surface area contributed by atoms with Gasteiger partial charge in [-0.25, -0.2) is 0 Å². The summed E-state index contributed by atoms with van der Waals surface area (Å²) in [6.45, 7) is 6.22. The monoisotopic (exact) mass is 322 g/mol. The maximum Gasteiger partial charge on any atom is 0.0603 e. The number of hydrogen-bond acceptors (Lipinski definition) is 3. The molecule has 1 aromatic carbocycles. The van der Waals surface area contributed by atoms with Crippen LogP contribution in [0.25, 0.3) is 0 Å². The number of nitrogens with one attached hydrogen (secondary N) is 1. The largest absolute Gasteiger partial charge is 0.367 e. The normalized spacial score (nSPS) is 12.4. The van der Waals surface area contributed by atoms with Gasteiger partial charge < -0.3 is 10.2 Å². The third-order valence-corrected chi connectivity index (χ3v) is 5.14. The van der Waals surface area contributed by atoms with Crippen LogP contribution >= 0.6 is 22.9 Å². The van der Waals surface area contributed by atoms with Gasteiger partial charge in [-0.2, -0.15) is 0 Å². The zero-order chi connectivity index (χ0) is 15.2. The van der Waals surface area contributed by atoms with Crippen molar-refractivity contribution in [1.29, 1.82) is 0 Å². The van der Waals surface area contributed by atoms with Gasteiger partial charge in [-0.05, 0) is 43.5 Å². The molecule has 1 atom stereocenters. The average molecular weight is 323 g/mol. The van der Waals surface area contributed by atoms with Crippen molar-refractivity contribution >= 4 is 28.6 Å². The first-order chi connectivity index (χ1) is 10.1. The van der Waals surface area contributed by atoms with Crippen molar-refractivity contribution in [1.82, 2.24) is 5.32 Å². The molecule has 1 aromatic heterocycles. The van der Waals surface area contributed by atoms with E-state index in [2.05, 4.69) is 54.7 Å². The van der Waals surface area contributed by atoms with Gasteiger partial charge in [0.15, 0.2) is 0 Å². The summed E-state index contributed by atoms with van der Waals surface area (Å²) in [7, 11) is 2.14. The second kappa shape index (κ2) is 7.83. The van der Waals surface area contributed by atoms with E-state index in [0.29, 0.717) is 6.04 Å². The predicted molar refractivity (Wildman–Crippen MR) is 94.6 cm³/mol. The summed E-state index contributed by atoms with van der Waals surface area (Å²) >= 11 is 8.21. The Balaban J connectivity index is 2.23. The van der Waals surface area contributed by atoms with E-state index < -0.39 is 0 Å². The minimum atomic E-state index is 0.341. The SMILES string of the molecule is CCCNCc1c(Cl)cccc1N(C)C(C)c1cccs1. The molecule has 0 aliphatic carbocycles. The lowest BCUT2D eigenvalue weighted by Gasteiger charge is -2.29. The zero-order valence-electron chi connectivity index (χ0n) is 12.9. The maximum atomic E-state index is 6.42. The number of rotatable bonds is 7. The van der Waals surface area contributed by atoms with E-state index in [1.807, 2.05) is 12.1 Å². The predicted octanol–water partition coefficient (Wildman–Crippen LogP) is 5.10. The fraction of sp³-hybridized carbons (Fsp3) is 0.412. The van der Waals surface area contributed by atoms with E-state index in [1.54, 1.807) is 11.3 Å². The first kappa shape index (κ1) is 16.3. The summed E-state index contributed by atoms with van der Waals surface area (Å²) in [4.78, 5) is 3.67. The summed E-state index contributed by atoms with van der Waals surface area (Å²) in [6.07, 6.45) is 1.13. The van der Waals surface area contributed by atoms with Crippen LogP contribution in [0, 0.1) is 0 Å². The molecule has 0 saturated heterocycles. The molecule has 1 unspecified atom stereocenters. The Morgan fingerprint density at radius 2 is 2.10 bits per heavy atom. The topological polar surface area (TPSA) is 15.3 Å². The maximum absolute atomic E-state index is 6.42. The second-order valence-corrected chi connectivity index (χ2v) is 6.60. The Morgan fingerprint density at radius 1 is 1.29 bits per heavy atom. The Labute approximate surface area is 136 Å². The fourth-order valence-electron chi connectivity index (χ4n) is 2.37. The summed E-state index contributed by atoms with van der Waals surface area (Å²) in [5, 5.41) is 6.41. The number of hydrogen-bond donors (Lipinski definition) is 1. The number of thiophene rings is 1. The highest BCUT2D eigenvalue weighted by atomic mass is 35.5. The van der Waals surface area contributed by atoms with Gasteiger partial charge in [-0.1, -0.05) is 30.7 Å². The minimum absolute atomic E-state index is 0.341. The van der Waals surface area contributed by atoms with Gasteiger partial charge in [0.05, 0.1) is 6.04 Å². The van der Waals surface area contributed by atoms with Gasteiger partial charge in [-0.15, -0.1) is 11.3 Å². The smallest absolute Gasteiger partial charge is 0.0603 e. The zero-order valence-corrected chi connectivity index (χ0v) is 14.5. The van der Waals surface area contributed by atoms with Crippen LogP contribution in [0.2, 0.25) is 5.02 Å². The van der Waals surface area contributed by atoms with Gasteiger partial charge in [0.25, 0.3) is 0 Å². The van der Waals surface area contributed by atoms with Crippen molar-refractivity contribution in [2.45, 2.75) is 32.9 Å². The molecule has 0 amide bonds. The summed E-state index contributed by atoms with van der Waals surface area (Å²) < 4.78 is 0. The van der Waals surface area contributed by atoms with Crippen LogP contribution in [0.4, 0.5) is 5.69 Å². The highest BCUT2D eigenvalue weighted by molar-refractivity contribution is 7.10. The van der Waals surface area contributed by atoms with Crippen LogP contribution in [-0.2, 0) is 6.54 Å². The van der Waals surface area contributed by atoms with Crippen LogP contribution in [-0.4, -0.2) is 13.6 Å². The first-order valence-corrected chi connectivity index (χ1v) is 8.65. The third kappa shape index (κ3) is 4.00. The first-order valence-electron chi connectivity index (χ1n) is 7.39. The van der Waals surface area contributed by atoms with E-state index >= 15 is 0 Å². The molecule has 2 rings (SSSR count). The second-order valence-electron chi connectivity index (χ2n) is 5.22. The standard InChI is InChI=1S/C17H23ClN2S/c1-4-10-19-12-14-15(18)7-5-8-16(14)20(3)13(2)17-9-6-11-21-17/h5-9,11,13,19H,4,10,12H2,1-3H3.